The van der Waals surface area contributed by atoms with Gasteiger partial charge in [-0.05, 0) is 24.2 Å². The van der Waals surface area contributed by atoms with Crippen molar-refractivity contribution >= 4 is 5.91 Å². The Balaban J connectivity index is 2.38. The number of carbonyl (C=O) groups excluding carboxylic acids is 1. The van der Waals surface area contributed by atoms with Crippen molar-refractivity contribution in [2.24, 2.45) is 17.1 Å². The number of hydrogen-bond acceptors (Lipinski definition) is 3. The maximum Gasteiger partial charge on any atom is 0.216 e. The van der Waals surface area contributed by atoms with Crippen LogP contribution >= 0.6 is 0 Å². The molecule has 3 N–H and O–H groups in total. The largest absolute Gasteiger partial charge is 0.355 e. The molecule has 2 atom stereocenters. The average Bonchev–Trinajstić information content (AvgIpc) is 2.12. The highest BCUT2D eigenvalue weighted by Gasteiger charge is 2.27. The molecule has 1 fully saturated rings. The van der Waals surface area contributed by atoms with E-state index < -0.39 is 0 Å². The van der Waals surface area contributed by atoms with E-state index in [0.717, 1.165) is 32.6 Å². The van der Waals surface area contributed by atoms with E-state index in [4.69, 9.17) is 5.73 Å². The summed E-state index contributed by atoms with van der Waals surface area (Å²) in [6.07, 6.45) is 2.35. The fourth-order valence-electron chi connectivity index (χ4n) is 2.94. The Morgan fingerprint density at radius 3 is 2.61 bits per heavy atom. The second kappa shape index (κ2) is 6.53. The van der Waals surface area contributed by atoms with E-state index in [9.17, 15) is 4.79 Å². The predicted octanol–water partition coefficient (Wildman–Crippen LogP) is 1.21. The minimum Gasteiger partial charge on any atom is -0.355 e. The molecule has 1 amide bonds. The van der Waals surface area contributed by atoms with E-state index in [1.165, 1.54) is 6.42 Å². The molecule has 4 nitrogen and oxygen atoms in total. The molecule has 0 aromatic heterocycles. The van der Waals surface area contributed by atoms with Crippen LogP contribution in [-0.4, -0.2) is 43.0 Å². The summed E-state index contributed by atoms with van der Waals surface area (Å²) in [6, 6.07) is 0.281. The van der Waals surface area contributed by atoms with Crippen LogP contribution < -0.4 is 11.1 Å². The molecule has 1 aliphatic heterocycles. The number of nitrogens with two attached hydrogens (primary N) is 1. The number of likely N-dealkylation sites (tertiary alicyclic amines) is 1. The van der Waals surface area contributed by atoms with Crippen LogP contribution in [0.3, 0.4) is 0 Å². The molecule has 1 saturated heterocycles. The molecule has 0 aromatic rings. The Labute approximate surface area is 111 Å². The van der Waals surface area contributed by atoms with Gasteiger partial charge >= 0.3 is 0 Å². The van der Waals surface area contributed by atoms with Crippen LogP contribution in [-0.2, 0) is 4.79 Å². The summed E-state index contributed by atoms with van der Waals surface area (Å²) >= 11 is 0. The van der Waals surface area contributed by atoms with E-state index >= 15 is 0 Å². The molecular formula is C14H29N3O. The first-order valence-corrected chi connectivity index (χ1v) is 6.98. The summed E-state index contributed by atoms with van der Waals surface area (Å²) in [5.74, 6) is 0.730. The van der Waals surface area contributed by atoms with Gasteiger partial charge in [-0.25, -0.2) is 0 Å². The Bertz CT molecular complexity index is 273. The maximum absolute atomic E-state index is 10.8. The van der Waals surface area contributed by atoms with Crippen molar-refractivity contribution < 1.29 is 4.79 Å². The first-order chi connectivity index (χ1) is 8.26. The molecule has 0 bridgehead atoms. The minimum absolute atomic E-state index is 0.0440. The molecule has 1 heterocycles. The van der Waals surface area contributed by atoms with Gasteiger partial charge in [-0.2, -0.15) is 0 Å². The molecule has 2 unspecified atom stereocenters. The van der Waals surface area contributed by atoms with E-state index in [1.807, 2.05) is 0 Å². The third-order valence-electron chi connectivity index (χ3n) is 3.35. The molecule has 0 radical (unpaired) electrons. The van der Waals surface area contributed by atoms with E-state index in [-0.39, 0.29) is 11.9 Å². The van der Waals surface area contributed by atoms with Gasteiger partial charge in [0.1, 0.15) is 0 Å². The Morgan fingerprint density at radius 1 is 1.39 bits per heavy atom. The summed E-state index contributed by atoms with van der Waals surface area (Å²) < 4.78 is 0. The van der Waals surface area contributed by atoms with Gasteiger partial charge in [0.25, 0.3) is 0 Å². The van der Waals surface area contributed by atoms with Crippen LogP contribution in [0.25, 0.3) is 0 Å². The maximum atomic E-state index is 10.8. The molecule has 1 rings (SSSR count). The Kier molecular flexibility index (Phi) is 5.60. The van der Waals surface area contributed by atoms with Gasteiger partial charge < -0.3 is 11.1 Å². The first kappa shape index (κ1) is 15.4. The zero-order valence-electron chi connectivity index (χ0n) is 12.3. The van der Waals surface area contributed by atoms with Crippen LogP contribution in [0.5, 0.6) is 0 Å². The van der Waals surface area contributed by atoms with Crippen molar-refractivity contribution in [2.75, 3.05) is 26.2 Å². The van der Waals surface area contributed by atoms with Crippen LogP contribution in [0.4, 0.5) is 0 Å². The van der Waals surface area contributed by atoms with Crippen LogP contribution in [0, 0.1) is 11.3 Å². The van der Waals surface area contributed by atoms with E-state index in [1.54, 1.807) is 6.92 Å². The number of hydrogen-bond donors (Lipinski definition) is 2. The van der Waals surface area contributed by atoms with Gasteiger partial charge in [-0.15, -0.1) is 0 Å². The Hall–Kier alpha value is -0.610. The summed E-state index contributed by atoms with van der Waals surface area (Å²) in [5, 5.41) is 2.85. The monoisotopic (exact) mass is 255 g/mol. The van der Waals surface area contributed by atoms with Crippen LogP contribution in [0.1, 0.15) is 40.5 Å². The standard InChI is InChI=1S/C14H29N3O/c1-11(18)16-5-6-17-9-12(7-13(15)10-17)8-14(2,3)4/h12-13H,5-10,15H2,1-4H3,(H,16,18). The molecule has 0 saturated carbocycles. The van der Waals surface area contributed by atoms with E-state index in [2.05, 4.69) is 31.0 Å². The van der Waals surface area contributed by atoms with Crippen molar-refractivity contribution in [3.8, 4) is 0 Å². The lowest BCUT2D eigenvalue weighted by molar-refractivity contribution is -0.119. The number of nitrogens with one attached hydrogen (secondary N) is 1. The van der Waals surface area contributed by atoms with Gasteiger partial charge in [-0.3, -0.25) is 9.69 Å². The lowest BCUT2D eigenvalue weighted by atomic mass is 9.80. The zero-order valence-corrected chi connectivity index (χ0v) is 12.3. The van der Waals surface area contributed by atoms with Crippen LogP contribution in [0.15, 0.2) is 0 Å². The lowest BCUT2D eigenvalue weighted by Crippen LogP contribution is -2.49. The predicted molar refractivity (Wildman–Crippen MR) is 75.3 cm³/mol. The van der Waals surface area contributed by atoms with Gasteiger partial charge in [0.15, 0.2) is 0 Å². The normalized spacial score (nSPS) is 26.1. The number of carbonyl (C=O) groups is 1. The van der Waals surface area contributed by atoms with Crippen molar-refractivity contribution in [3.05, 3.63) is 0 Å². The van der Waals surface area contributed by atoms with Gasteiger partial charge in [-0.1, -0.05) is 20.8 Å². The summed E-state index contributed by atoms with van der Waals surface area (Å²) in [6.45, 7) is 12.1. The first-order valence-electron chi connectivity index (χ1n) is 6.98. The van der Waals surface area contributed by atoms with Gasteiger partial charge in [0.2, 0.25) is 5.91 Å². The molecule has 4 heteroatoms. The van der Waals surface area contributed by atoms with Crippen molar-refractivity contribution in [1.29, 1.82) is 0 Å². The molecule has 0 aromatic carbocycles. The smallest absolute Gasteiger partial charge is 0.216 e. The van der Waals surface area contributed by atoms with E-state index in [0.29, 0.717) is 11.3 Å². The van der Waals surface area contributed by atoms with Crippen molar-refractivity contribution in [3.63, 3.8) is 0 Å². The van der Waals surface area contributed by atoms with Gasteiger partial charge in [0.05, 0.1) is 0 Å². The van der Waals surface area contributed by atoms with Crippen LogP contribution in [0.2, 0.25) is 0 Å². The molecule has 18 heavy (non-hydrogen) atoms. The third-order valence-corrected chi connectivity index (χ3v) is 3.35. The highest BCUT2D eigenvalue weighted by Crippen LogP contribution is 2.29. The minimum atomic E-state index is 0.0440. The zero-order chi connectivity index (χ0) is 13.8. The number of nitrogens with zero attached hydrogens (tertiary/aromatic N) is 1. The molecule has 106 valence electrons. The lowest BCUT2D eigenvalue weighted by Gasteiger charge is -2.38. The topological polar surface area (TPSA) is 58.4 Å². The summed E-state index contributed by atoms with van der Waals surface area (Å²) in [5.41, 5.74) is 6.50. The summed E-state index contributed by atoms with van der Waals surface area (Å²) in [7, 11) is 0. The quantitative estimate of drug-likeness (QED) is 0.794. The van der Waals surface area contributed by atoms with Crippen molar-refractivity contribution in [1.82, 2.24) is 10.2 Å². The molecule has 0 spiro atoms. The average molecular weight is 255 g/mol. The second-order valence-corrected chi connectivity index (χ2v) is 6.87. The van der Waals surface area contributed by atoms with Gasteiger partial charge in [0, 0.05) is 39.1 Å². The number of amides is 1. The fraction of sp³-hybridized carbons (Fsp3) is 0.929. The molecule has 1 aliphatic rings. The summed E-state index contributed by atoms with van der Waals surface area (Å²) in [4.78, 5) is 13.2. The number of rotatable bonds is 4. The fourth-order valence-corrected chi connectivity index (χ4v) is 2.94. The third kappa shape index (κ3) is 6.36. The molecule has 0 aliphatic carbocycles. The van der Waals surface area contributed by atoms with Crippen molar-refractivity contribution in [2.45, 2.75) is 46.6 Å². The molecular weight excluding hydrogens is 226 g/mol. The second-order valence-electron chi connectivity index (χ2n) is 6.87. The SMILES string of the molecule is CC(=O)NCCN1CC(N)CC(CC(C)(C)C)C1. The Morgan fingerprint density at radius 2 is 2.06 bits per heavy atom. The highest BCUT2D eigenvalue weighted by atomic mass is 16.1. The number of piperidine rings is 1. The highest BCUT2D eigenvalue weighted by molar-refractivity contribution is 5.72.